The van der Waals surface area contributed by atoms with Crippen LogP contribution >= 0.6 is 11.8 Å². The van der Waals surface area contributed by atoms with Crippen molar-refractivity contribution in [2.24, 2.45) is 11.7 Å². The van der Waals surface area contributed by atoms with Crippen molar-refractivity contribution >= 4 is 35.5 Å². The number of benzene rings is 1. The van der Waals surface area contributed by atoms with E-state index in [9.17, 15) is 24.3 Å². The van der Waals surface area contributed by atoms with Crippen LogP contribution in [0.25, 0.3) is 0 Å². The predicted octanol–water partition coefficient (Wildman–Crippen LogP) is 0.526. The van der Waals surface area contributed by atoms with E-state index in [1.807, 2.05) is 26.2 Å². The Labute approximate surface area is 193 Å². The van der Waals surface area contributed by atoms with E-state index in [0.717, 1.165) is 5.56 Å². The molecule has 10 heteroatoms. The van der Waals surface area contributed by atoms with Crippen molar-refractivity contribution in [1.29, 1.82) is 0 Å². The van der Waals surface area contributed by atoms with Crippen molar-refractivity contribution in [3.05, 3.63) is 35.9 Å². The third-order valence-electron chi connectivity index (χ3n) is 5.14. The van der Waals surface area contributed by atoms with Gasteiger partial charge in [-0.15, -0.1) is 0 Å². The first-order valence-corrected chi connectivity index (χ1v) is 12.0. The maximum atomic E-state index is 12.9. The standard InChI is InChI=1S/C22H34N4O5S/c1-4-14(2)19(26-18(27)13-23)21(29)24-16(10-11-32-3)20(28)25-17(22(30)31)12-15-8-6-5-7-9-15/h5-9,14,16-17,19H,4,10-13,23H2,1-3H3,(H,24,29)(H,25,28)(H,26,27)(H,30,31). The maximum Gasteiger partial charge on any atom is 0.326 e. The Balaban J connectivity index is 2.95. The summed E-state index contributed by atoms with van der Waals surface area (Å²) in [4.78, 5) is 49.3. The minimum absolute atomic E-state index is 0.118. The first-order chi connectivity index (χ1) is 15.2. The minimum Gasteiger partial charge on any atom is -0.480 e. The second kappa shape index (κ2) is 14.5. The van der Waals surface area contributed by atoms with Crippen LogP contribution in [0.4, 0.5) is 0 Å². The number of hydrogen-bond donors (Lipinski definition) is 5. The number of carbonyl (C=O) groups excluding carboxylic acids is 3. The van der Waals surface area contributed by atoms with Crippen LogP contribution in [0.2, 0.25) is 0 Å². The van der Waals surface area contributed by atoms with Gasteiger partial charge in [0, 0.05) is 6.42 Å². The van der Waals surface area contributed by atoms with Crippen LogP contribution in [0.15, 0.2) is 30.3 Å². The third kappa shape index (κ3) is 9.27. The topological polar surface area (TPSA) is 151 Å². The van der Waals surface area contributed by atoms with Gasteiger partial charge < -0.3 is 26.8 Å². The van der Waals surface area contributed by atoms with Gasteiger partial charge in [-0.25, -0.2) is 4.79 Å². The average Bonchev–Trinajstić information content (AvgIpc) is 2.79. The van der Waals surface area contributed by atoms with E-state index in [1.54, 1.807) is 24.3 Å². The Bertz CT molecular complexity index is 762. The van der Waals surface area contributed by atoms with Crippen LogP contribution in [0, 0.1) is 5.92 Å². The van der Waals surface area contributed by atoms with Gasteiger partial charge in [-0.3, -0.25) is 14.4 Å². The van der Waals surface area contributed by atoms with Crippen molar-refractivity contribution in [3.63, 3.8) is 0 Å². The molecule has 0 heterocycles. The molecule has 0 radical (unpaired) electrons. The summed E-state index contributed by atoms with van der Waals surface area (Å²) >= 11 is 1.50. The highest BCUT2D eigenvalue weighted by atomic mass is 32.2. The van der Waals surface area contributed by atoms with E-state index < -0.39 is 41.8 Å². The Hall–Kier alpha value is -2.59. The van der Waals surface area contributed by atoms with Gasteiger partial charge in [0.1, 0.15) is 18.1 Å². The molecular weight excluding hydrogens is 432 g/mol. The fourth-order valence-corrected chi connectivity index (χ4v) is 3.49. The molecule has 0 spiro atoms. The number of nitrogens with one attached hydrogen (secondary N) is 3. The van der Waals surface area contributed by atoms with Crippen LogP contribution in [0.5, 0.6) is 0 Å². The number of thioether (sulfide) groups is 1. The second-order valence-electron chi connectivity index (χ2n) is 7.57. The fraction of sp³-hybridized carbons (Fsp3) is 0.545. The van der Waals surface area contributed by atoms with Crippen molar-refractivity contribution in [2.45, 2.75) is 51.2 Å². The number of amides is 3. The van der Waals surface area contributed by atoms with E-state index in [2.05, 4.69) is 16.0 Å². The van der Waals surface area contributed by atoms with Crippen molar-refractivity contribution in [2.75, 3.05) is 18.6 Å². The first-order valence-electron chi connectivity index (χ1n) is 10.6. The Morgan fingerprint density at radius 1 is 1.03 bits per heavy atom. The van der Waals surface area contributed by atoms with Crippen LogP contribution < -0.4 is 21.7 Å². The lowest BCUT2D eigenvalue weighted by molar-refractivity contribution is -0.142. The zero-order valence-electron chi connectivity index (χ0n) is 18.8. The second-order valence-corrected chi connectivity index (χ2v) is 8.55. The molecular formula is C22H34N4O5S. The van der Waals surface area contributed by atoms with Crippen molar-refractivity contribution in [3.8, 4) is 0 Å². The molecule has 0 aliphatic heterocycles. The van der Waals surface area contributed by atoms with Gasteiger partial charge in [-0.05, 0) is 29.9 Å². The van der Waals surface area contributed by atoms with E-state index in [-0.39, 0.29) is 18.9 Å². The van der Waals surface area contributed by atoms with Gasteiger partial charge >= 0.3 is 5.97 Å². The van der Waals surface area contributed by atoms with E-state index in [4.69, 9.17) is 5.73 Å². The van der Waals surface area contributed by atoms with E-state index in [1.165, 1.54) is 11.8 Å². The fourth-order valence-electron chi connectivity index (χ4n) is 3.02. The zero-order chi connectivity index (χ0) is 24.1. The molecule has 0 aliphatic rings. The number of hydrogen-bond acceptors (Lipinski definition) is 6. The number of carboxylic acids is 1. The molecule has 9 nitrogen and oxygen atoms in total. The molecule has 0 aliphatic carbocycles. The number of rotatable bonds is 14. The number of carbonyl (C=O) groups is 4. The summed E-state index contributed by atoms with van der Waals surface area (Å²) in [6.45, 7) is 3.45. The van der Waals surface area contributed by atoms with Crippen LogP contribution in [0.3, 0.4) is 0 Å². The monoisotopic (exact) mass is 466 g/mol. The average molecular weight is 467 g/mol. The Kier molecular flexibility index (Phi) is 12.4. The van der Waals surface area contributed by atoms with Gasteiger partial charge in [-0.1, -0.05) is 50.6 Å². The molecule has 4 atom stereocenters. The van der Waals surface area contributed by atoms with Crippen molar-refractivity contribution in [1.82, 2.24) is 16.0 Å². The molecule has 0 bridgehead atoms. The summed E-state index contributed by atoms with van der Waals surface area (Å²) in [5, 5.41) is 17.4. The highest BCUT2D eigenvalue weighted by Crippen LogP contribution is 2.10. The van der Waals surface area contributed by atoms with Crippen LogP contribution in [-0.2, 0) is 25.6 Å². The summed E-state index contributed by atoms with van der Waals surface area (Å²) in [7, 11) is 0. The molecule has 0 saturated heterocycles. The van der Waals surface area contributed by atoms with Crippen molar-refractivity contribution < 1.29 is 24.3 Å². The summed E-state index contributed by atoms with van der Waals surface area (Å²) in [5.74, 6) is -2.31. The van der Waals surface area contributed by atoms with Gasteiger partial charge in [-0.2, -0.15) is 11.8 Å². The van der Waals surface area contributed by atoms with Crippen LogP contribution in [0.1, 0.15) is 32.3 Å². The molecule has 1 aromatic carbocycles. The molecule has 1 rings (SSSR count). The zero-order valence-corrected chi connectivity index (χ0v) is 19.6. The normalized spacial score (nSPS) is 14.5. The number of nitrogens with two attached hydrogens (primary N) is 1. The highest BCUT2D eigenvalue weighted by molar-refractivity contribution is 7.98. The molecule has 32 heavy (non-hydrogen) atoms. The summed E-state index contributed by atoms with van der Waals surface area (Å²) in [5.41, 5.74) is 6.13. The van der Waals surface area contributed by atoms with Gasteiger partial charge in [0.15, 0.2) is 0 Å². The molecule has 178 valence electrons. The molecule has 4 unspecified atom stereocenters. The molecule has 0 aromatic heterocycles. The highest BCUT2D eigenvalue weighted by Gasteiger charge is 2.31. The number of carboxylic acid groups (broad SMARTS) is 1. The maximum absolute atomic E-state index is 12.9. The van der Waals surface area contributed by atoms with Gasteiger partial charge in [0.2, 0.25) is 17.7 Å². The largest absolute Gasteiger partial charge is 0.480 e. The Morgan fingerprint density at radius 2 is 1.66 bits per heavy atom. The van der Waals surface area contributed by atoms with Crippen LogP contribution in [-0.4, -0.2) is 65.5 Å². The minimum atomic E-state index is -1.16. The summed E-state index contributed by atoms with van der Waals surface area (Å²) < 4.78 is 0. The number of aliphatic carboxylic acids is 1. The molecule has 0 saturated carbocycles. The lowest BCUT2D eigenvalue weighted by Gasteiger charge is -2.27. The third-order valence-corrected chi connectivity index (χ3v) is 5.78. The summed E-state index contributed by atoms with van der Waals surface area (Å²) in [6, 6.07) is 6.06. The smallest absolute Gasteiger partial charge is 0.326 e. The van der Waals surface area contributed by atoms with E-state index >= 15 is 0 Å². The lowest BCUT2D eigenvalue weighted by atomic mass is 9.97. The lowest BCUT2D eigenvalue weighted by Crippen LogP contribution is -2.58. The summed E-state index contributed by atoms with van der Waals surface area (Å²) in [6.07, 6.45) is 2.93. The molecule has 0 fully saturated rings. The first kappa shape index (κ1) is 27.4. The SMILES string of the molecule is CCC(C)C(NC(=O)CN)C(=O)NC(CCSC)C(=O)NC(Cc1ccccc1)C(=O)O. The van der Waals surface area contributed by atoms with Gasteiger partial charge in [0.25, 0.3) is 0 Å². The predicted molar refractivity (Wildman–Crippen MR) is 125 cm³/mol. The van der Waals surface area contributed by atoms with Gasteiger partial charge in [0.05, 0.1) is 6.54 Å². The Morgan fingerprint density at radius 3 is 2.19 bits per heavy atom. The molecule has 6 N–H and O–H groups in total. The van der Waals surface area contributed by atoms with E-state index in [0.29, 0.717) is 18.6 Å². The molecule has 1 aromatic rings. The molecule has 3 amide bonds. The quantitative estimate of drug-likeness (QED) is 0.268.